The lowest BCUT2D eigenvalue weighted by Crippen LogP contribution is -2.60. The van der Waals surface area contributed by atoms with Gasteiger partial charge in [0.2, 0.25) is 0 Å². The highest BCUT2D eigenvalue weighted by Crippen LogP contribution is 2.27. The first-order chi connectivity index (χ1) is 7.68. The van der Waals surface area contributed by atoms with Gasteiger partial charge in [0.05, 0.1) is 0 Å². The van der Waals surface area contributed by atoms with Crippen molar-refractivity contribution < 1.29 is 12.3 Å². The van der Waals surface area contributed by atoms with E-state index in [-0.39, 0.29) is 0 Å². The van der Waals surface area contributed by atoms with Crippen LogP contribution in [0.2, 0.25) is 58.9 Å². The monoisotopic (exact) mass is 323 g/mol. The van der Waals surface area contributed by atoms with Crippen molar-refractivity contribution in [1.82, 2.24) is 0 Å². The molecule has 0 aliphatic rings. The molecule has 0 spiro atoms. The van der Waals surface area contributed by atoms with Gasteiger partial charge < -0.3 is 12.3 Å². The molecule has 109 valence electrons. The van der Waals surface area contributed by atoms with Crippen LogP contribution in [0.4, 0.5) is 0 Å². The first kappa shape index (κ1) is 18.7. The summed E-state index contributed by atoms with van der Waals surface area (Å²) < 4.78 is 19.1. The molecule has 0 rings (SSSR count). The molecule has 0 saturated carbocycles. The smallest absolute Gasteiger partial charge is 0.417 e. The van der Waals surface area contributed by atoms with E-state index in [1.165, 1.54) is 0 Å². The Hall–Kier alpha value is 0.748. The highest BCUT2D eigenvalue weighted by molar-refractivity contribution is 6.91. The Morgan fingerprint density at radius 1 is 0.556 bits per heavy atom. The molecule has 0 amide bonds. The van der Waals surface area contributed by atoms with Gasteiger partial charge >= 0.3 is 8.80 Å². The fourth-order valence-electron chi connectivity index (χ4n) is 1.52. The second kappa shape index (κ2) is 6.02. The Morgan fingerprint density at radius 3 is 0.889 bits per heavy atom. The summed E-state index contributed by atoms with van der Waals surface area (Å²) in [5, 5.41) is 0. The van der Waals surface area contributed by atoms with Crippen molar-refractivity contribution in [3.8, 4) is 0 Å². The van der Waals surface area contributed by atoms with Gasteiger partial charge in [-0.25, -0.2) is 0 Å². The zero-order chi connectivity index (χ0) is 14.8. The average Bonchev–Trinajstić information content (AvgIpc) is 1.93. The van der Waals surface area contributed by atoms with Crippen LogP contribution in [0.15, 0.2) is 0 Å². The molecular formula is C11H31O3Si4. The summed E-state index contributed by atoms with van der Waals surface area (Å²) in [6, 6.07) is 2.07. The van der Waals surface area contributed by atoms with E-state index in [1.54, 1.807) is 0 Å². The van der Waals surface area contributed by atoms with E-state index in [4.69, 9.17) is 12.3 Å². The first-order valence-corrected chi connectivity index (χ1v) is 18.6. The van der Waals surface area contributed by atoms with Crippen LogP contribution in [-0.2, 0) is 12.3 Å². The maximum atomic E-state index is 6.37. The molecule has 0 fully saturated rings. The maximum absolute atomic E-state index is 6.37. The standard InChI is InChI=1S/C11H31O3Si4/c1-11-18(12-15(2,3)4,13-16(5,6)7)14-17(8,9)10/h11H,1-10H3. The highest BCUT2D eigenvalue weighted by Gasteiger charge is 2.48. The minimum absolute atomic E-state index is 1.69. The lowest BCUT2D eigenvalue weighted by molar-refractivity contribution is 0.264. The van der Waals surface area contributed by atoms with Crippen LogP contribution in [0.25, 0.3) is 0 Å². The van der Waals surface area contributed by atoms with Crippen LogP contribution in [0.1, 0.15) is 6.92 Å². The van der Waals surface area contributed by atoms with Gasteiger partial charge in [0, 0.05) is 6.04 Å². The molecule has 3 nitrogen and oxygen atoms in total. The first-order valence-electron chi connectivity index (χ1n) is 6.59. The summed E-state index contributed by atoms with van der Waals surface area (Å²) in [4.78, 5) is 0. The molecule has 0 aromatic rings. The molecule has 0 saturated heterocycles. The largest absolute Gasteiger partial charge is 0.472 e. The minimum atomic E-state index is -2.62. The fourth-order valence-corrected chi connectivity index (χ4v) is 14.8. The molecule has 0 aliphatic carbocycles. The van der Waals surface area contributed by atoms with Gasteiger partial charge in [-0.3, -0.25) is 0 Å². The molecule has 0 heterocycles. The lowest BCUT2D eigenvalue weighted by atomic mass is 11.0. The van der Waals surface area contributed by atoms with Crippen molar-refractivity contribution in [3.63, 3.8) is 0 Å². The number of hydrogen-bond acceptors (Lipinski definition) is 3. The van der Waals surface area contributed by atoms with Crippen molar-refractivity contribution in [2.24, 2.45) is 0 Å². The molecule has 0 aromatic carbocycles. The summed E-state index contributed by atoms with van der Waals surface area (Å²) in [6.07, 6.45) is 0. The zero-order valence-electron chi connectivity index (χ0n) is 13.8. The molecule has 18 heavy (non-hydrogen) atoms. The lowest BCUT2D eigenvalue weighted by Gasteiger charge is -2.42. The van der Waals surface area contributed by atoms with E-state index in [9.17, 15) is 0 Å². The molecule has 7 heteroatoms. The second-order valence-electron chi connectivity index (χ2n) is 7.54. The van der Waals surface area contributed by atoms with Crippen LogP contribution in [-0.4, -0.2) is 33.8 Å². The third-order valence-corrected chi connectivity index (χ3v) is 13.2. The second-order valence-corrected chi connectivity index (χ2v) is 24.4. The van der Waals surface area contributed by atoms with Crippen molar-refractivity contribution in [2.45, 2.75) is 65.8 Å². The molecular weight excluding hydrogens is 292 g/mol. The summed E-state index contributed by atoms with van der Waals surface area (Å²) in [5.74, 6) is 0. The predicted molar refractivity (Wildman–Crippen MR) is 89.0 cm³/mol. The van der Waals surface area contributed by atoms with Crippen molar-refractivity contribution in [1.29, 1.82) is 0 Å². The summed E-state index contributed by atoms with van der Waals surface area (Å²) >= 11 is 0. The Kier molecular flexibility index (Phi) is 6.27. The van der Waals surface area contributed by atoms with Crippen LogP contribution in [0.3, 0.4) is 0 Å². The fraction of sp³-hybridized carbons (Fsp3) is 0.909. The molecule has 0 bridgehead atoms. The van der Waals surface area contributed by atoms with E-state index in [0.29, 0.717) is 0 Å². The van der Waals surface area contributed by atoms with Gasteiger partial charge in [-0.15, -0.1) is 0 Å². The van der Waals surface area contributed by atoms with E-state index < -0.39 is 33.8 Å². The molecule has 0 unspecified atom stereocenters. The average molecular weight is 324 g/mol. The minimum Gasteiger partial charge on any atom is -0.417 e. The SMILES string of the molecule is C[CH][Si](O[Si](C)(C)C)(O[Si](C)(C)C)O[Si](C)(C)C. The van der Waals surface area contributed by atoms with Crippen LogP contribution in [0.5, 0.6) is 0 Å². The zero-order valence-corrected chi connectivity index (χ0v) is 17.8. The molecule has 0 aromatic heterocycles. The maximum Gasteiger partial charge on any atom is 0.472 e. The van der Waals surface area contributed by atoms with E-state index >= 15 is 0 Å². The van der Waals surface area contributed by atoms with Gasteiger partial charge in [-0.1, -0.05) is 6.92 Å². The van der Waals surface area contributed by atoms with Crippen molar-refractivity contribution >= 4 is 33.8 Å². The third-order valence-electron chi connectivity index (χ3n) is 1.70. The normalized spacial score (nSPS) is 15.0. The van der Waals surface area contributed by atoms with Crippen LogP contribution in [0, 0.1) is 6.04 Å². The molecule has 0 atom stereocenters. The van der Waals surface area contributed by atoms with E-state index in [2.05, 4.69) is 65.0 Å². The Labute approximate surface area is 118 Å². The Bertz CT molecular complexity index is 222. The topological polar surface area (TPSA) is 27.7 Å². The predicted octanol–water partition coefficient (Wildman–Crippen LogP) is 4.24. The van der Waals surface area contributed by atoms with Gasteiger partial charge in [-0.05, 0) is 58.9 Å². The van der Waals surface area contributed by atoms with Crippen LogP contribution < -0.4 is 0 Å². The van der Waals surface area contributed by atoms with Crippen molar-refractivity contribution in [2.75, 3.05) is 0 Å². The summed E-state index contributed by atoms with van der Waals surface area (Å²) in [7, 11) is -7.68. The Balaban J connectivity index is 5.20. The van der Waals surface area contributed by atoms with E-state index in [1.807, 2.05) is 6.92 Å². The highest BCUT2D eigenvalue weighted by atomic mass is 28.5. The van der Waals surface area contributed by atoms with Gasteiger partial charge in [-0.2, -0.15) is 0 Å². The van der Waals surface area contributed by atoms with Gasteiger partial charge in [0.15, 0.2) is 25.0 Å². The molecule has 1 radical (unpaired) electrons. The summed E-state index contributed by atoms with van der Waals surface area (Å²) in [5.41, 5.74) is 0. The van der Waals surface area contributed by atoms with Crippen molar-refractivity contribution in [3.05, 3.63) is 6.04 Å². The molecule has 0 aliphatic heterocycles. The van der Waals surface area contributed by atoms with Gasteiger partial charge in [0.25, 0.3) is 0 Å². The molecule has 0 N–H and O–H groups in total. The Morgan fingerprint density at radius 2 is 0.778 bits per heavy atom. The van der Waals surface area contributed by atoms with E-state index in [0.717, 1.165) is 0 Å². The third kappa shape index (κ3) is 8.78. The van der Waals surface area contributed by atoms with Crippen LogP contribution >= 0.6 is 0 Å². The quantitative estimate of drug-likeness (QED) is 0.656. The number of rotatable bonds is 7. The summed E-state index contributed by atoms with van der Waals surface area (Å²) in [6.45, 7) is 21.8. The van der Waals surface area contributed by atoms with Gasteiger partial charge in [0.1, 0.15) is 0 Å². The number of hydrogen-bond donors (Lipinski definition) is 0.